The monoisotopic (exact) mass is 467 g/mol. The second-order valence-electron chi connectivity index (χ2n) is 7.06. The number of anilines is 1. The maximum atomic E-state index is 12.8. The van der Waals surface area contributed by atoms with Crippen LogP contribution in [-0.4, -0.2) is 43.9 Å². The third-order valence-electron chi connectivity index (χ3n) is 4.75. The first-order valence-corrected chi connectivity index (χ1v) is 10.7. The lowest BCUT2D eigenvalue weighted by molar-refractivity contribution is -0.139. The highest BCUT2D eigenvalue weighted by Gasteiger charge is 2.34. The summed E-state index contributed by atoms with van der Waals surface area (Å²) in [6.07, 6.45) is -0.651. The second kappa shape index (κ2) is 11.5. The van der Waals surface area contributed by atoms with Crippen molar-refractivity contribution in [2.45, 2.75) is 19.9 Å². The van der Waals surface area contributed by atoms with E-state index >= 15 is 0 Å². The van der Waals surface area contributed by atoms with Gasteiger partial charge in [-0.15, -0.1) is 0 Å². The van der Waals surface area contributed by atoms with E-state index in [4.69, 9.17) is 14.2 Å². The van der Waals surface area contributed by atoms with Gasteiger partial charge in [0, 0.05) is 5.69 Å². The van der Waals surface area contributed by atoms with Crippen LogP contribution in [0.3, 0.4) is 0 Å². The van der Waals surface area contributed by atoms with Crippen molar-refractivity contribution in [3.8, 4) is 0 Å². The molecule has 0 radical (unpaired) electrons. The van der Waals surface area contributed by atoms with Crippen molar-refractivity contribution in [1.29, 1.82) is 0 Å². The maximum Gasteiger partial charge on any atom is 0.411 e. The van der Waals surface area contributed by atoms with E-state index in [1.807, 2.05) is 6.07 Å². The largest absolute Gasteiger partial charge is 0.463 e. The minimum Gasteiger partial charge on any atom is -0.463 e. The Morgan fingerprint density at radius 2 is 1.65 bits per heavy atom. The smallest absolute Gasteiger partial charge is 0.411 e. The van der Waals surface area contributed by atoms with Crippen molar-refractivity contribution >= 4 is 29.8 Å². The average Bonchev–Trinajstić information content (AvgIpc) is 2.83. The number of urea groups is 1. The number of benzene rings is 2. The quantitative estimate of drug-likeness (QED) is 0.401. The molecule has 10 nitrogen and oxygen atoms in total. The highest BCUT2D eigenvalue weighted by molar-refractivity contribution is 5.96. The third-order valence-corrected chi connectivity index (χ3v) is 4.75. The maximum absolute atomic E-state index is 12.8. The molecule has 0 aliphatic carbocycles. The summed E-state index contributed by atoms with van der Waals surface area (Å²) < 4.78 is 15.4. The fourth-order valence-electron chi connectivity index (χ4n) is 3.31. The van der Waals surface area contributed by atoms with Crippen molar-refractivity contribution in [2.24, 2.45) is 0 Å². The number of ether oxygens (including phenoxy) is 3. The van der Waals surface area contributed by atoms with Gasteiger partial charge in [0.05, 0.1) is 36.1 Å². The summed E-state index contributed by atoms with van der Waals surface area (Å²) in [6.45, 7) is 3.30. The van der Waals surface area contributed by atoms with Crippen LogP contribution in [-0.2, 0) is 19.0 Å². The van der Waals surface area contributed by atoms with Crippen LogP contribution in [0.4, 0.5) is 15.3 Å². The molecule has 1 aliphatic heterocycles. The first kappa shape index (κ1) is 24.3. The van der Waals surface area contributed by atoms with Crippen LogP contribution in [0.15, 0.2) is 65.9 Å². The van der Waals surface area contributed by atoms with E-state index in [2.05, 4.69) is 16.0 Å². The number of rotatable bonds is 8. The van der Waals surface area contributed by atoms with E-state index < -0.39 is 30.1 Å². The lowest BCUT2D eigenvalue weighted by atomic mass is 9.95. The van der Waals surface area contributed by atoms with Gasteiger partial charge in [0.1, 0.15) is 6.61 Å². The van der Waals surface area contributed by atoms with Crippen LogP contribution in [0.25, 0.3) is 0 Å². The molecule has 0 saturated heterocycles. The summed E-state index contributed by atoms with van der Waals surface area (Å²) in [7, 11) is 0. The summed E-state index contributed by atoms with van der Waals surface area (Å²) in [5.74, 6) is -1.36. The molecule has 10 heteroatoms. The van der Waals surface area contributed by atoms with Crippen molar-refractivity contribution in [3.05, 3.63) is 77.0 Å². The Morgan fingerprint density at radius 1 is 0.912 bits per heavy atom. The number of hydrogen-bond donors (Lipinski definition) is 3. The normalized spacial score (nSPS) is 15.0. The molecule has 2 aromatic rings. The summed E-state index contributed by atoms with van der Waals surface area (Å²) in [5, 5.41) is 7.75. The predicted molar refractivity (Wildman–Crippen MR) is 122 cm³/mol. The molecule has 0 bridgehead atoms. The lowest BCUT2D eigenvalue weighted by Crippen LogP contribution is -2.47. The van der Waals surface area contributed by atoms with Gasteiger partial charge in [0.25, 0.3) is 0 Å². The molecule has 3 rings (SSSR count). The van der Waals surface area contributed by atoms with Crippen LogP contribution in [0.2, 0.25) is 0 Å². The molecule has 1 aliphatic rings. The molecule has 0 saturated carbocycles. The molecule has 34 heavy (non-hydrogen) atoms. The molecule has 178 valence electrons. The molecule has 1 heterocycles. The molecule has 3 amide bonds. The highest BCUT2D eigenvalue weighted by atomic mass is 16.5. The van der Waals surface area contributed by atoms with E-state index in [9.17, 15) is 19.2 Å². The van der Waals surface area contributed by atoms with Gasteiger partial charge in [-0.25, -0.2) is 19.2 Å². The summed E-state index contributed by atoms with van der Waals surface area (Å²) in [4.78, 5) is 49.3. The molecular weight excluding hydrogens is 442 g/mol. The number of nitrogens with one attached hydrogen (secondary N) is 3. The molecule has 1 atom stereocenters. The predicted octanol–water partition coefficient (Wildman–Crippen LogP) is 3.28. The van der Waals surface area contributed by atoms with E-state index in [-0.39, 0.29) is 36.7 Å². The summed E-state index contributed by atoms with van der Waals surface area (Å²) in [5.41, 5.74) is 1.43. The van der Waals surface area contributed by atoms with Crippen molar-refractivity contribution in [1.82, 2.24) is 10.6 Å². The highest BCUT2D eigenvalue weighted by Crippen LogP contribution is 2.28. The zero-order valence-electron chi connectivity index (χ0n) is 18.8. The van der Waals surface area contributed by atoms with Gasteiger partial charge in [0.15, 0.2) is 0 Å². The zero-order chi connectivity index (χ0) is 24.5. The summed E-state index contributed by atoms with van der Waals surface area (Å²) >= 11 is 0. The van der Waals surface area contributed by atoms with Crippen LogP contribution in [0, 0.1) is 0 Å². The van der Waals surface area contributed by atoms with Gasteiger partial charge in [-0.3, -0.25) is 5.32 Å². The first-order valence-electron chi connectivity index (χ1n) is 10.7. The fraction of sp³-hybridized carbons (Fsp3) is 0.250. The molecule has 3 N–H and O–H groups in total. The van der Waals surface area contributed by atoms with Crippen LogP contribution < -0.4 is 16.0 Å². The molecule has 0 aromatic heterocycles. The van der Waals surface area contributed by atoms with Crippen molar-refractivity contribution in [3.63, 3.8) is 0 Å². The number of carbonyl (C=O) groups is 4. The van der Waals surface area contributed by atoms with E-state index in [0.717, 1.165) is 0 Å². The molecular formula is C24H25N3O7. The molecule has 1 unspecified atom stereocenters. The number of esters is 2. The number of amides is 3. The first-order chi connectivity index (χ1) is 16.4. The van der Waals surface area contributed by atoms with Gasteiger partial charge >= 0.3 is 24.1 Å². The van der Waals surface area contributed by atoms with Gasteiger partial charge < -0.3 is 24.8 Å². The molecule has 0 spiro atoms. The minimum atomic E-state index is -0.778. The molecule has 2 aromatic carbocycles. The summed E-state index contributed by atoms with van der Waals surface area (Å²) in [6, 6.07) is 13.7. The van der Waals surface area contributed by atoms with Gasteiger partial charge in [-0.1, -0.05) is 36.4 Å². The lowest BCUT2D eigenvalue weighted by Gasteiger charge is -2.29. The Bertz CT molecular complexity index is 1100. The topological polar surface area (TPSA) is 132 Å². The zero-order valence-corrected chi connectivity index (χ0v) is 18.8. The van der Waals surface area contributed by atoms with Crippen molar-refractivity contribution in [2.75, 3.05) is 25.1 Å². The Labute approximate surface area is 196 Å². The van der Waals surface area contributed by atoms with Gasteiger partial charge in [-0.05, 0) is 37.6 Å². The van der Waals surface area contributed by atoms with Gasteiger partial charge in [-0.2, -0.15) is 0 Å². The number of carbonyl (C=O) groups excluding carboxylic acids is 4. The van der Waals surface area contributed by atoms with Gasteiger partial charge in [0.2, 0.25) is 0 Å². The Hall–Kier alpha value is -4.34. The SMILES string of the molecule is CCOC(=O)Nc1cccc(C(=O)OCC2=C(C(=O)OCC)C(c3ccccc3)NC(=O)N2)c1. The number of hydrogen-bond acceptors (Lipinski definition) is 7. The fourth-order valence-corrected chi connectivity index (χ4v) is 3.31. The van der Waals surface area contributed by atoms with Crippen LogP contribution in [0.1, 0.15) is 35.8 Å². The standard InChI is InChI=1S/C24H25N3O7/c1-3-32-22(29)19-18(26-23(30)27-20(19)15-9-6-5-7-10-15)14-34-21(28)16-11-8-12-17(13-16)25-24(31)33-4-2/h5-13,20H,3-4,14H2,1-2H3,(H,25,31)(H2,26,27,30). The van der Waals surface area contributed by atoms with E-state index in [0.29, 0.717) is 11.3 Å². The van der Waals surface area contributed by atoms with Crippen LogP contribution >= 0.6 is 0 Å². The van der Waals surface area contributed by atoms with E-state index in [1.54, 1.807) is 50.2 Å². The Morgan fingerprint density at radius 3 is 2.35 bits per heavy atom. The Kier molecular flexibility index (Phi) is 8.22. The third kappa shape index (κ3) is 6.12. The Balaban J connectivity index is 1.82. The van der Waals surface area contributed by atoms with E-state index in [1.165, 1.54) is 12.1 Å². The second-order valence-corrected chi connectivity index (χ2v) is 7.06. The molecule has 0 fully saturated rings. The van der Waals surface area contributed by atoms with Crippen molar-refractivity contribution < 1.29 is 33.4 Å². The minimum absolute atomic E-state index is 0.116. The average molecular weight is 467 g/mol. The van der Waals surface area contributed by atoms with Crippen LogP contribution in [0.5, 0.6) is 0 Å².